The molecule has 188 valence electrons. The molecule has 35 heavy (non-hydrogen) atoms. The minimum Gasteiger partial charge on any atom is -0.481 e. The molecule has 6 atom stereocenters. The zero-order valence-corrected chi connectivity index (χ0v) is 20.9. The quantitative estimate of drug-likeness (QED) is 0.615. The number of fused-ring (bicyclic) bond motifs is 5. The number of aliphatic carboxylic acids is 1. The molecule has 2 saturated heterocycles. The Morgan fingerprint density at radius 1 is 0.943 bits per heavy atom. The smallest absolute Gasteiger partial charge is 0.312 e. The van der Waals surface area contributed by atoms with Gasteiger partial charge in [0.2, 0.25) is 0 Å². The third kappa shape index (κ3) is 4.12. The van der Waals surface area contributed by atoms with Gasteiger partial charge in [-0.05, 0) is 75.3 Å². The first kappa shape index (κ1) is 23.2. The van der Waals surface area contributed by atoms with Crippen LogP contribution in [-0.4, -0.2) is 43.7 Å². The van der Waals surface area contributed by atoms with Crippen molar-refractivity contribution in [1.29, 1.82) is 0 Å². The van der Waals surface area contributed by atoms with Gasteiger partial charge >= 0.3 is 5.97 Å². The summed E-state index contributed by atoms with van der Waals surface area (Å²) < 4.78 is 1.94. The zero-order chi connectivity index (χ0) is 24.1. The van der Waals surface area contributed by atoms with E-state index < -0.39 is 11.9 Å². The van der Waals surface area contributed by atoms with Crippen LogP contribution in [0.15, 0.2) is 29.1 Å². The van der Waals surface area contributed by atoms with E-state index in [9.17, 15) is 14.7 Å². The number of aromatic nitrogens is 2. The maximum atomic E-state index is 13.8. The largest absolute Gasteiger partial charge is 0.481 e. The lowest BCUT2D eigenvalue weighted by atomic mass is 9.76. The molecule has 6 heteroatoms. The van der Waals surface area contributed by atoms with E-state index in [2.05, 4.69) is 9.88 Å². The number of nitrogens with zero attached hydrogens (tertiary/aromatic N) is 3. The van der Waals surface area contributed by atoms with Crippen LogP contribution in [0.3, 0.4) is 0 Å². The lowest BCUT2D eigenvalue weighted by Crippen LogP contribution is -2.52. The molecule has 2 aromatic rings. The lowest BCUT2D eigenvalue weighted by molar-refractivity contribution is -0.139. The summed E-state index contributed by atoms with van der Waals surface area (Å²) >= 11 is 0. The van der Waals surface area contributed by atoms with E-state index in [1.54, 1.807) is 0 Å². The van der Waals surface area contributed by atoms with Crippen LogP contribution in [0, 0.1) is 11.8 Å². The molecule has 3 heterocycles. The van der Waals surface area contributed by atoms with Crippen molar-refractivity contribution in [3.63, 3.8) is 0 Å². The highest BCUT2D eigenvalue weighted by Crippen LogP contribution is 2.48. The summed E-state index contributed by atoms with van der Waals surface area (Å²) in [7, 11) is 0. The van der Waals surface area contributed by atoms with Gasteiger partial charge in [0, 0.05) is 24.2 Å². The molecular formula is C29H39N3O3. The molecule has 2 saturated carbocycles. The number of hydrogen-bond acceptors (Lipinski definition) is 4. The van der Waals surface area contributed by atoms with Crippen molar-refractivity contribution < 1.29 is 9.90 Å². The molecule has 2 aliphatic heterocycles. The van der Waals surface area contributed by atoms with Crippen LogP contribution in [0.2, 0.25) is 0 Å². The molecule has 4 aliphatic rings. The molecule has 0 amide bonds. The Labute approximate surface area is 207 Å². The van der Waals surface area contributed by atoms with Gasteiger partial charge < -0.3 is 9.67 Å². The number of carbonyl (C=O) groups is 1. The Balaban J connectivity index is 1.33. The summed E-state index contributed by atoms with van der Waals surface area (Å²) in [4.78, 5) is 33.2. The molecule has 0 radical (unpaired) electrons. The fourth-order valence-corrected chi connectivity index (χ4v) is 8.35. The van der Waals surface area contributed by atoms with E-state index in [1.807, 2.05) is 35.8 Å². The molecule has 1 aromatic heterocycles. The Hall–Kier alpha value is -2.21. The average Bonchev–Trinajstić information content (AvgIpc) is 3.00. The van der Waals surface area contributed by atoms with Crippen molar-refractivity contribution in [1.82, 2.24) is 14.5 Å². The predicted octanol–water partition coefficient (Wildman–Crippen LogP) is 5.50. The highest BCUT2D eigenvalue weighted by atomic mass is 16.4. The maximum absolute atomic E-state index is 13.8. The fraction of sp³-hybridized carbons (Fsp3) is 0.690. The van der Waals surface area contributed by atoms with Gasteiger partial charge in [0.25, 0.3) is 5.56 Å². The number of piperidine rings is 1. The number of hydrogen-bond donors (Lipinski definition) is 1. The summed E-state index contributed by atoms with van der Waals surface area (Å²) in [5.74, 6) is -0.00212. The van der Waals surface area contributed by atoms with Gasteiger partial charge in [0.05, 0.1) is 11.0 Å². The number of rotatable bonds is 5. The number of para-hydroxylation sites is 2. The predicted molar refractivity (Wildman–Crippen MR) is 137 cm³/mol. The van der Waals surface area contributed by atoms with Gasteiger partial charge in [-0.1, -0.05) is 44.7 Å². The Kier molecular flexibility index (Phi) is 6.20. The third-order valence-electron chi connectivity index (χ3n) is 9.76. The van der Waals surface area contributed by atoms with Gasteiger partial charge in [-0.2, -0.15) is 0 Å². The standard InChI is InChI=1S/C29H39N3O3/c1-2-24(29(34)35)27-28(33)32(26-10-6-5-9-25(26)30-27)23-16-20-11-12-21(17-23)31(20)22-14-18-7-3-4-8-19(13-18)15-22/h5-6,9-10,18-24H,2-4,7-8,11-17H2,1H3,(H,34,35)/t18?,19?,20-,21?,22?,23?,24?/m0/s1. The summed E-state index contributed by atoms with van der Waals surface area (Å²) in [6.07, 6.45) is 14.6. The van der Waals surface area contributed by atoms with Gasteiger partial charge in [-0.3, -0.25) is 14.5 Å². The highest BCUT2D eigenvalue weighted by molar-refractivity contribution is 5.78. The average molecular weight is 478 g/mol. The van der Waals surface area contributed by atoms with Crippen LogP contribution in [0.1, 0.15) is 102 Å². The normalized spacial score (nSPS) is 34.0. The molecule has 6 rings (SSSR count). The second-order valence-corrected chi connectivity index (χ2v) is 11.8. The van der Waals surface area contributed by atoms with E-state index in [0.717, 1.165) is 35.7 Å². The van der Waals surface area contributed by atoms with Crippen LogP contribution in [0.25, 0.3) is 11.0 Å². The second kappa shape index (κ2) is 9.34. The van der Waals surface area contributed by atoms with Crippen molar-refractivity contribution >= 4 is 17.0 Å². The van der Waals surface area contributed by atoms with E-state index in [4.69, 9.17) is 0 Å². The van der Waals surface area contributed by atoms with Gasteiger partial charge in [-0.25, -0.2) is 4.98 Å². The molecule has 0 spiro atoms. The summed E-state index contributed by atoms with van der Waals surface area (Å²) in [6, 6.07) is 9.67. The minimum absolute atomic E-state index is 0.111. The number of benzene rings is 1. The Morgan fingerprint density at radius 3 is 2.23 bits per heavy atom. The molecular weight excluding hydrogens is 438 g/mol. The molecule has 2 aliphatic carbocycles. The van der Waals surface area contributed by atoms with Crippen molar-refractivity contribution in [3.05, 3.63) is 40.3 Å². The van der Waals surface area contributed by atoms with Crippen LogP contribution >= 0.6 is 0 Å². The van der Waals surface area contributed by atoms with E-state index in [0.29, 0.717) is 24.5 Å². The van der Waals surface area contributed by atoms with Crippen molar-refractivity contribution in [2.75, 3.05) is 0 Å². The van der Waals surface area contributed by atoms with Crippen LogP contribution < -0.4 is 5.56 Å². The van der Waals surface area contributed by atoms with Crippen molar-refractivity contribution in [2.45, 2.75) is 114 Å². The van der Waals surface area contributed by atoms with Gasteiger partial charge in [0.1, 0.15) is 11.6 Å². The van der Waals surface area contributed by atoms with E-state index in [1.165, 1.54) is 57.8 Å². The summed E-state index contributed by atoms with van der Waals surface area (Å²) in [6.45, 7) is 1.82. The fourth-order valence-electron chi connectivity index (χ4n) is 8.35. The first-order valence-electron chi connectivity index (χ1n) is 14.0. The zero-order valence-electron chi connectivity index (χ0n) is 20.9. The molecule has 6 nitrogen and oxygen atoms in total. The maximum Gasteiger partial charge on any atom is 0.312 e. The first-order valence-corrected chi connectivity index (χ1v) is 14.0. The van der Waals surface area contributed by atoms with Gasteiger partial charge in [0.15, 0.2) is 0 Å². The summed E-state index contributed by atoms with van der Waals surface area (Å²) in [5, 5.41) is 9.79. The van der Waals surface area contributed by atoms with Crippen LogP contribution in [0.5, 0.6) is 0 Å². The third-order valence-corrected chi connectivity index (χ3v) is 9.76. The molecule has 4 bridgehead atoms. The summed E-state index contributed by atoms with van der Waals surface area (Å²) in [5.41, 5.74) is 1.58. The van der Waals surface area contributed by atoms with E-state index >= 15 is 0 Å². The molecule has 1 aromatic carbocycles. The molecule has 4 fully saturated rings. The van der Waals surface area contributed by atoms with Crippen molar-refractivity contribution in [3.8, 4) is 0 Å². The Morgan fingerprint density at radius 2 is 1.60 bits per heavy atom. The minimum atomic E-state index is -0.965. The SMILES string of the molecule is CCC(C(=O)O)c1nc2ccccc2n(C2CC3CC[C@@H](C2)N3C2CC3CCCCC(C3)C2)c1=O. The molecule has 5 unspecified atom stereocenters. The van der Waals surface area contributed by atoms with E-state index in [-0.39, 0.29) is 17.3 Å². The topological polar surface area (TPSA) is 75.4 Å². The number of carboxylic acid groups (broad SMARTS) is 1. The number of carboxylic acids is 1. The Bertz CT molecular complexity index is 1130. The highest BCUT2D eigenvalue weighted by Gasteiger charge is 2.47. The van der Waals surface area contributed by atoms with Crippen LogP contribution in [-0.2, 0) is 4.79 Å². The van der Waals surface area contributed by atoms with Crippen molar-refractivity contribution in [2.24, 2.45) is 11.8 Å². The first-order chi connectivity index (χ1) is 17.0. The van der Waals surface area contributed by atoms with Crippen LogP contribution in [0.4, 0.5) is 0 Å². The molecule has 1 N–H and O–H groups in total. The monoisotopic (exact) mass is 477 g/mol. The second-order valence-electron chi connectivity index (χ2n) is 11.8. The lowest BCUT2D eigenvalue weighted by Gasteiger charge is -2.48. The van der Waals surface area contributed by atoms with Gasteiger partial charge in [-0.15, -0.1) is 0 Å².